The van der Waals surface area contributed by atoms with Gasteiger partial charge in [0.15, 0.2) is 0 Å². The Bertz CT molecular complexity index is 500. The quantitative estimate of drug-likeness (QED) is 0.753. The molecule has 1 heterocycles. The van der Waals surface area contributed by atoms with Gasteiger partial charge in [-0.25, -0.2) is 0 Å². The third-order valence-electron chi connectivity index (χ3n) is 3.43. The van der Waals surface area contributed by atoms with Gasteiger partial charge in [0.05, 0.1) is 6.10 Å². The average molecular weight is 276 g/mol. The molecule has 0 bridgehead atoms. The van der Waals surface area contributed by atoms with Crippen molar-refractivity contribution < 1.29 is 14.7 Å². The molecule has 2 rings (SSSR count). The van der Waals surface area contributed by atoms with Crippen molar-refractivity contribution in [3.63, 3.8) is 0 Å². The Labute approximate surface area is 118 Å². The van der Waals surface area contributed by atoms with Crippen molar-refractivity contribution in [1.29, 1.82) is 0 Å². The lowest BCUT2D eigenvalue weighted by Gasteiger charge is -2.24. The van der Waals surface area contributed by atoms with E-state index in [4.69, 9.17) is 5.11 Å². The summed E-state index contributed by atoms with van der Waals surface area (Å²) in [7, 11) is 0. The molecule has 1 aromatic carbocycles. The van der Waals surface area contributed by atoms with Crippen LogP contribution in [0.2, 0.25) is 0 Å². The molecule has 0 unspecified atom stereocenters. The van der Waals surface area contributed by atoms with E-state index < -0.39 is 6.10 Å². The molecule has 0 saturated heterocycles. The summed E-state index contributed by atoms with van der Waals surface area (Å²) in [4.78, 5) is 23.5. The molecule has 0 fully saturated rings. The van der Waals surface area contributed by atoms with Gasteiger partial charge >= 0.3 is 0 Å². The van der Waals surface area contributed by atoms with Crippen LogP contribution in [0.15, 0.2) is 24.3 Å². The third-order valence-corrected chi connectivity index (χ3v) is 3.43. The fraction of sp³-hybridized carbons (Fsp3) is 0.467. The SMILES string of the molecule is C[C@H](O)CNC(=O)CC[C@H]1Cc2ccccc2NC1=O. The van der Waals surface area contributed by atoms with Crippen LogP contribution in [0, 0.1) is 5.92 Å². The molecular formula is C15H20N2O3. The predicted molar refractivity (Wildman–Crippen MR) is 76.2 cm³/mol. The minimum atomic E-state index is -0.552. The molecule has 108 valence electrons. The highest BCUT2D eigenvalue weighted by Gasteiger charge is 2.26. The predicted octanol–water partition coefficient (Wildman–Crippen LogP) is 1.07. The van der Waals surface area contributed by atoms with Crippen LogP contribution in [0.1, 0.15) is 25.3 Å². The van der Waals surface area contributed by atoms with Crippen molar-refractivity contribution in [2.45, 2.75) is 32.3 Å². The number of benzene rings is 1. The van der Waals surface area contributed by atoms with Crippen LogP contribution >= 0.6 is 0 Å². The lowest BCUT2D eigenvalue weighted by atomic mass is 9.89. The minimum absolute atomic E-state index is 0.0213. The minimum Gasteiger partial charge on any atom is -0.392 e. The van der Waals surface area contributed by atoms with Gasteiger partial charge in [0.2, 0.25) is 11.8 Å². The lowest BCUT2D eigenvalue weighted by molar-refractivity contribution is -0.123. The van der Waals surface area contributed by atoms with Gasteiger partial charge in [-0.2, -0.15) is 0 Å². The molecule has 20 heavy (non-hydrogen) atoms. The summed E-state index contributed by atoms with van der Waals surface area (Å²) in [6.45, 7) is 1.87. The summed E-state index contributed by atoms with van der Waals surface area (Å²) in [5, 5.41) is 14.6. The van der Waals surface area contributed by atoms with Crippen LogP contribution in [-0.2, 0) is 16.0 Å². The first-order valence-corrected chi connectivity index (χ1v) is 6.90. The van der Waals surface area contributed by atoms with Crippen molar-refractivity contribution >= 4 is 17.5 Å². The molecule has 1 aliphatic heterocycles. The number of hydrogen-bond acceptors (Lipinski definition) is 3. The molecule has 2 atom stereocenters. The van der Waals surface area contributed by atoms with Gasteiger partial charge in [-0.05, 0) is 31.4 Å². The van der Waals surface area contributed by atoms with E-state index in [1.807, 2.05) is 24.3 Å². The maximum Gasteiger partial charge on any atom is 0.227 e. The Morgan fingerprint density at radius 2 is 2.25 bits per heavy atom. The average Bonchev–Trinajstić information content (AvgIpc) is 2.42. The first-order chi connectivity index (χ1) is 9.56. The number of nitrogens with one attached hydrogen (secondary N) is 2. The van der Waals surface area contributed by atoms with Crippen LogP contribution in [0.4, 0.5) is 5.69 Å². The number of aliphatic hydroxyl groups is 1. The number of amides is 2. The van der Waals surface area contributed by atoms with E-state index in [-0.39, 0.29) is 24.3 Å². The van der Waals surface area contributed by atoms with Gasteiger partial charge in [-0.3, -0.25) is 9.59 Å². The van der Waals surface area contributed by atoms with Crippen LogP contribution < -0.4 is 10.6 Å². The van der Waals surface area contributed by atoms with Gasteiger partial charge < -0.3 is 15.7 Å². The van der Waals surface area contributed by atoms with Crippen molar-refractivity contribution in [1.82, 2.24) is 5.32 Å². The molecule has 0 radical (unpaired) electrons. The number of carbonyl (C=O) groups excluding carboxylic acids is 2. The van der Waals surface area contributed by atoms with E-state index >= 15 is 0 Å². The Morgan fingerprint density at radius 3 is 3.00 bits per heavy atom. The molecule has 1 aromatic rings. The monoisotopic (exact) mass is 276 g/mol. The van der Waals surface area contributed by atoms with Crippen LogP contribution in [-0.4, -0.2) is 29.6 Å². The fourth-order valence-electron chi connectivity index (χ4n) is 2.30. The Balaban J connectivity index is 1.85. The summed E-state index contributed by atoms with van der Waals surface area (Å²) in [5.41, 5.74) is 1.98. The Hall–Kier alpha value is -1.88. The number of fused-ring (bicyclic) bond motifs is 1. The number of rotatable bonds is 5. The highest BCUT2D eigenvalue weighted by atomic mass is 16.3. The highest BCUT2D eigenvalue weighted by molar-refractivity contribution is 5.96. The van der Waals surface area contributed by atoms with E-state index in [0.717, 1.165) is 11.3 Å². The van der Waals surface area contributed by atoms with E-state index in [9.17, 15) is 9.59 Å². The summed E-state index contributed by atoms with van der Waals surface area (Å²) in [6, 6.07) is 7.72. The van der Waals surface area contributed by atoms with Gasteiger partial charge in [0.1, 0.15) is 0 Å². The zero-order chi connectivity index (χ0) is 14.5. The van der Waals surface area contributed by atoms with Gasteiger partial charge in [0, 0.05) is 24.6 Å². The molecule has 0 saturated carbocycles. The molecule has 5 heteroatoms. The number of carbonyl (C=O) groups is 2. The molecule has 3 N–H and O–H groups in total. The second kappa shape index (κ2) is 6.52. The second-order valence-corrected chi connectivity index (χ2v) is 5.24. The fourth-order valence-corrected chi connectivity index (χ4v) is 2.30. The zero-order valence-corrected chi connectivity index (χ0v) is 11.6. The van der Waals surface area contributed by atoms with Gasteiger partial charge in [-0.15, -0.1) is 0 Å². The standard InChI is InChI=1S/C15H20N2O3/c1-10(18)9-16-14(19)7-6-12-8-11-4-2-3-5-13(11)17-15(12)20/h2-5,10,12,18H,6-9H2,1H3,(H,16,19)(H,17,20)/t10-,12-/m0/s1. The number of aliphatic hydroxyl groups excluding tert-OH is 1. The smallest absolute Gasteiger partial charge is 0.227 e. The van der Waals surface area contributed by atoms with E-state index in [0.29, 0.717) is 19.3 Å². The summed E-state index contributed by atoms with van der Waals surface area (Å²) < 4.78 is 0. The number of hydrogen-bond donors (Lipinski definition) is 3. The second-order valence-electron chi connectivity index (χ2n) is 5.24. The first kappa shape index (κ1) is 14.5. The maximum absolute atomic E-state index is 12.0. The molecular weight excluding hydrogens is 256 g/mol. The number of anilines is 1. The first-order valence-electron chi connectivity index (χ1n) is 6.90. The van der Waals surface area contributed by atoms with Crippen molar-refractivity contribution in [3.8, 4) is 0 Å². The van der Waals surface area contributed by atoms with Crippen LogP contribution in [0.25, 0.3) is 0 Å². The molecule has 5 nitrogen and oxygen atoms in total. The molecule has 2 amide bonds. The van der Waals surface area contributed by atoms with Crippen molar-refractivity contribution in [2.75, 3.05) is 11.9 Å². The molecule has 1 aliphatic rings. The maximum atomic E-state index is 12.0. The Morgan fingerprint density at radius 1 is 1.50 bits per heavy atom. The molecule has 0 spiro atoms. The van der Waals surface area contributed by atoms with Crippen LogP contribution in [0.3, 0.4) is 0 Å². The van der Waals surface area contributed by atoms with Crippen LogP contribution in [0.5, 0.6) is 0 Å². The highest BCUT2D eigenvalue weighted by Crippen LogP contribution is 2.27. The van der Waals surface area contributed by atoms with Gasteiger partial charge in [-0.1, -0.05) is 18.2 Å². The summed E-state index contributed by atoms with van der Waals surface area (Å²) >= 11 is 0. The third kappa shape index (κ3) is 3.81. The Kier molecular flexibility index (Phi) is 4.74. The summed E-state index contributed by atoms with van der Waals surface area (Å²) in [5.74, 6) is -0.313. The van der Waals surface area contributed by atoms with Crippen molar-refractivity contribution in [3.05, 3.63) is 29.8 Å². The van der Waals surface area contributed by atoms with E-state index in [1.165, 1.54) is 0 Å². The normalized spacial score (nSPS) is 18.9. The molecule has 0 aliphatic carbocycles. The van der Waals surface area contributed by atoms with E-state index in [2.05, 4.69) is 10.6 Å². The summed E-state index contributed by atoms with van der Waals surface area (Å²) in [6.07, 6.45) is 0.939. The van der Waals surface area contributed by atoms with Gasteiger partial charge in [0.25, 0.3) is 0 Å². The van der Waals surface area contributed by atoms with Crippen molar-refractivity contribution in [2.24, 2.45) is 5.92 Å². The molecule has 0 aromatic heterocycles. The largest absolute Gasteiger partial charge is 0.392 e. The lowest BCUT2D eigenvalue weighted by Crippen LogP contribution is -2.33. The zero-order valence-electron chi connectivity index (χ0n) is 11.6. The number of para-hydroxylation sites is 1. The van der Waals surface area contributed by atoms with E-state index in [1.54, 1.807) is 6.92 Å². The topological polar surface area (TPSA) is 78.4 Å².